The van der Waals surface area contributed by atoms with Crippen LogP contribution in [0.2, 0.25) is 5.15 Å². The minimum atomic E-state index is -0.318. The summed E-state index contributed by atoms with van der Waals surface area (Å²) in [6, 6.07) is 4.93. The number of benzene rings is 1. The number of rotatable bonds is 2. The molecule has 0 radical (unpaired) electrons. The van der Waals surface area contributed by atoms with E-state index in [-0.39, 0.29) is 11.2 Å². The van der Waals surface area contributed by atoms with Crippen molar-refractivity contribution in [3.8, 4) is 0 Å². The average molecular weight is 308 g/mol. The molecule has 0 aliphatic carbocycles. The maximum Gasteiger partial charge on any atom is 0.146 e. The Kier molecular flexibility index (Phi) is 4.19. The third-order valence-corrected chi connectivity index (χ3v) is 3.59. The zero-order chi connectivity index (χ0) is 15.8. The van der Waals surface area contributed by atoms with E-state index in [0.717, 1.165) is 5.56 Å². The fourth-order valence-electron chi connectivity index (χ4n) is 1.86. The van der Waals surface area contributed by atoms with Gasteiger partial charge in [0.05, 0.1) is 5.69 Å². The Morgan fingerprint density at radius 1 is 1.14 bits per heavy atom. The normalized spacial score (nSPS) is 11.6. The molecular formula is C16H19ClFN3. The number of aryl methyl sites for hydroxylation is 1. The molecule has 0 amide bonds. The second-order valence-corrected chi connectivity index (χ2v) is 6.48. The summed E-state index contributed by atoms with van der Waals surface area (Å²) in [4.78, 5) is 8.82. The molecule has 1 aromatic heterocycles. The van der Waals surface area contributed by atoms with Gasteiger partial charge >= 0.3 is 0 Å². The molecule has 0 spiro atoms. The van der Waals surface area contributed by atoms with Gasteiger partial charge in [0.25, 0.3) is 0 Å². The molecule has 1 aromatic carbocycles. The molecule has 2 rings (SSSR count). The molecule has 0 aliphatic rings. The van der Waals surface area contributed by atoms with Crippen molar-refractivity contribution in [2.24, 2.45) is 0 Å². The molecular weight excluding hydrogens is 289 g/mol. The fraction of sp³-hybridized carbons (Fsp3) is 0.375. The molecule has 112 valence electrons. The largest absolute Gasteiger partial charge is 0.337 e. The minimum absolute atomic E-state index is 0.238. The smallest absolute Gasteiger partial charge is 0.146 e. The molecule has 1 heterocycles. The number of halogens is 2. The molecule has 2 aromatic rings. The van der Waals surface area contributed by atoms with Gasteiger partial charge in [-0.2, -0.15) is 0 Å². The van der Waals surface area contributed by atoms with E-state index in [1.54, 1.807) is 6.07 Å². The van der Waals surface area contributed by atoms with Crippen molar-refractivity contribution in [2.75, 3.05) is 5.32 Å². The number of anilines is 2. The van der Waals surface area contributed by atoms with Crippen molar-refractivity contribution in [2.45, 2.75) is 40.0 Å². The van der Waals surface area contributed by atoms with E-state index in [1.165, 1.54) is 6.07 Å². The van der Waals surface area contributed by atoms with Gasteiger partial charge in [-0.15, -0.1) is 0 Å². The van der Waals surface area contributed by atoms with Crippen LogP contribution in [0.15, 0.2) is 18.2 Å². The van der Waals surface area contributed by atoms with Gasteiger partial charge in [0, 0.05) is 11.0 Å². The lowest BCUT2D eigenvalue weighted by molar-refractivity contribution is 0.545. The monoisotopic (exact) mass is 307 g/mol. The van der Waals surface area contributed by atoms with Gasteiger partial charge in [0.1, 0.15) is 22.6 Å². The van der Waals surface area contributed by atoms with Crippen molar-refractivity contribution < 1.29 is 4.39 Å². The lowest BCUT2D eigenvalue weighted by Gasteiger charge is -2.20. The standard InChI is InChI=1S/C16H19ClFN3/c1-9-7-6-8-11(18)12(9)19-14-10(2)13(17)20-15(21-14)16(3,4)5/h6-8H,1-5H3,(H,19,20,21). The molecule has 0 fully saturated rings. The Balaban J connectivity index is 2.52. The second-order valence-electron chi connectivity index (χ2n) is 6.12. The number of aromatic nitrogens is 2. The maximum atomic E-state index is 14.0. The van der Waals surface area contributed by atoms with Gasteiger partial charge in [-0.3, -0.25) is 0 Å². The van der Waals surface area contributed by atoms with E-state index < -0.39 is 0 Å². The third-order valence-electron chi connectivity index (χ3n) is 3.22. The Morgan fingerprint density at radius 2 is 1.81 bits per heavy atom. The Hall–Kier alpha value is -1.68. The van der Waals surface area contributed by atoms with E-state index in [2.05, 4.69) is 15.3 Å². The highest BCUT2D eigenvalue weighted by molar-refractivity contribution is 6.30. The third kappa shape index (κ3) is 3.32. The van der Waals surface area contributed by atoms with Crippen LogP contribution >= 0.6 is 11.6 Å². The van der Waals surface area contributed by atoms with Crippen LogP contribution in [0.25, 0.3) is 0 Å². The highest BCUT2D eigenvalue weighted by atomic mass is 35.5. The van der Waals surface area contributed by atoms with E-state index in [4.69, 9.17) is 11.6 Å². The van der Waals surface area contributed by atoms with Crippen LogP contribution in [0.1, 0.15) is 37.7 Å². The lowest BCUT2D eigenvalue weighted by Crippen LogP contribution is -2.18. The molecule has 0 bridgehead atoms. The van der Waals surface area contributed by atoms with Crippen molar-refractivity contribution in [3.63, 3.8) is 0 Å². The van der Waals surface area contributed by atoms with Crippen molar-refractivity contribution in [1.29, 1.82) is 0 Å². The zero-order valence-electron chi connectivity index (χ0n) is 12.9. The molecule has 3 nitrogen and oxygen atoms in total. The van der Waals surface area contributed by atoms with Gasteiger partial charge in [-0.25, -0.2) is 14.4 Å². The van der Waals surface area contributed by atoms with Gasteiger partial charge in [0.15, 0.2) is 0 Å². The highest BCUT2D eigenvalue weighted by Crippen LogP contribution is 2.29. The SMILES string of the molecule is Cc1cccc(F)c1Nc1nc(C(C)(C)C)nc(Cl)c1C. The van der Waals surface area contributed by atoms with Crippen LogP contribution < -0.4 is 5.32 Å². The number of hydrogen-bond acceptors (Lipinski definition) is 3. The van der Waals surface area contributed by atoms with Crippen LogP contribution in [-0.4, -0.2) is 9.97 Å². The maximum absolute atomic E-state index is 14.0. The first kappa shape index (κ1) is 15.7. The second kappa shape index (κ2) is 5.60. The minimum Gasteiger partial charge on any atom is -0.337 e. The van der Waals surface area contributed by atoms with Gasteiger partial charge in [-0.05, 0) is 25.5 Å². The fourth-order valence-corrected chi connectivity index (χ4v) is 2.02. The van der Waals surface area contributed by atoms with Crippen LogP contribution in [0.3, 0.4) is 0 Å². The number of para-hydroxylation sites is 1. The van der Waals surface area contributed by atoms with E-state index in [9.17, 15) is 4.39 Å². The van der Waals surface area contributed by atoms with Crippen LogP contribution in [-0.2, 0) is 5.41 Å². The summed E-state index contributed by atoms with van der Waals surface area (Å²) in [5, 5.41) is 3.43. The first-order valence-corrected chi connectivity index (χ1v) is 7.14. The number of hydrogen-bond donors (Lipinski definition) is 1. The van der Waals surface area contributed by atoms with Crippen molar-refractivity contribution in [1.82, 2.24) is 9.97 Å². The lowest BCUT2D eigenvalue weighted by atomic mass is 9.95. The van der Waals surface area contributed by atoms with Crippen molar-refractivity contribution in [3.05, 3.63) is 46.1 Å². The summed E-state index contributed by atoms with van der Waals surface area (Å²) in [7, 11) is 0. The van der Waals surface area contributed by atoms with Crippen LogP contribution in [0.5, 0.6) is 0 Å². The van der Waals surface area contributed by atoms with E-state index in [1.807, 2.05) is 40.7 Å². The predicted molar refractivity (Wildman–Crippen MR) is 84.9 cm³/mol. The quantitative estimate of drug-likeness (QED) is 0.800. The van der Waals surface area contributed by atoms with Gasteiger partial charge < -0.3 is 5.32 Å². The summed E-state index contributed by atoms with van der Waals surface area (Å²) in [6.45, 7) is 9.67. The first-order valence-electron chi connectivity index (χ1n) is 6.77. The summed E-state index contributed by atoms with van der Waals surface area (Å²) in [6.07, 6.45) is 0. The summed E-state index contributed by atoms with van der Waals surface area (Å²) in [5.41, 5.74) is 1.68. The molecule has 0 saturated heterocycles. The number of nitrogens with zero attached hydrogens (tertiary/aromatic N) is 2. The Bertz CT molecular complexity index is 658. The average Bonchev–Trinajstić information content (AvgIpc) is 2.37. The molecule has 21 heavy (non-hydrogen) atoms. The molecule has 1 N–H and O–H groups in total. The topological polar surface area (TPSA) is 37.8 Å². The first-order chi connectivity index (χ1) is 9.70. The van der Waals surface area contributed by atoms with E-state index in [0.29, 0.717) is 28.0 Å². The Labute approximate surface area is 129 Å². The molecule has 5 heteroatoms. The van der Waals surface area contributed by atoms with Crippen molar-refractivity contribution >= 4 is 23.1 Å². The summed E-state index contributed by atoms with van der Waals surface area (Å²) in [5.74, 6) is 0.837. The summed E-state index contributed by atoms with van der Waals surface area (Å²) < 4.78 is 14.0. The van der Waals surface area contributed by atoms with Crippen LogP contribution in [0.4, 0.5) is 15.9 Å². The number of nitrogens with one attached hydrogen (secondary N) is 1. The van der Waals surface area contributed by atoms with Gasteiger partial charge in [0.2, 0.25) is 0 Å². The molecule has 0 aliphatic heterocycles. The predicted octanol–water partition coefficient (Wildman–Crippen LogP) is 4.93. The highest BCUT2D eigenvalue weighted by Gasteiger charge is 2.21. The van der Waals surface area contributed by atoms with E-state index >= 15 is 0 Å². The van der Waals surface area contributed by atoms with Gasteiger partial charge in [-0.1, -0.05) is 44.5 Å². The Morgan fingerprint density at radius 3 is 2.38 bits per heavy atom. The molecule has 0 atom stereocenters. The molecule has 0 saturated carbocycles. The zero-order valence-corrected chi connectivity index (χ0v) is 13.6. The molecule has 0 unspecified atom stereocenters. The summed E-state index contributed by atoms with van der Waals surface area (Å²) >= 11 is 6.19. The van der Waals surface area contributed by atoms with Crippen LogP contribution in [0, 0.1) is 19.7 Å².